The molecule has 0 radical (unpaired) electrons. The zero-order valence-electron chi connectivity index (χ0n) is 14.3. The average Bonchev–Trinajstić information content (AvgIpc) is 2.62. The van der Waals surface area contributed by atoms with Crippen LogP contribution < -0.4 is 5.32 Å². The molecule has 0 bridgehead atoms. The molecule has 2 aromatic carbocycles. The third kappa shape index (κ3) is 4.67. The number of carbonyl (C=O) groups is 2. The summed E-state index contributed by atoms with van der Waals surface area (Å²) in [4.78, 5) is 25.6. The largest absolute Gasteiger partial charge is 0.374 e. The maximum atomic E-state index is 12.7. The molecule has 130 valence electrons. The number of carbonyl (C=O) groups excluding carboxylic acids is 2. The molecular formula is C20H22N2O3. The van der Waals surface area contributed by atoms with E-state index in [0.717, 1.165) is 6.42 Å². The number of nitrogens with one attached hydrogen (secondary N) is 1. The van der Waals surface area contributed by atoms with Crippen LogP contribution in [-0.4, -0.2) is 42.5 Å². The molecule has 0 aromatic heterocycles. The molecule has 1 heterocycles. The quantitative estimate of drug-likeness (QED) is 0.932. The third-order valence-electron chi connectivity index (χ3n) is 4.18. The molecule has 1 fully saturated rings. The predicted octanol–water partition coefficient (Wildman–Crippen LogP) is 2.73. The van der Waals surface area contributed by atoms with Gasteiger partial charge in [-0.1, -0.05) is 30.3 Å². The fourth-order valence-electron chi connectivity index (χ4n) is 2.99. The van der Waals surface area contributed by atoms with E-state index in [4.69, 9.17) is 4.74 Å². The molecule has 3 rings (SSSR count). The molecule has 1 aliphatic heterocycles. The molecule has 1 saturated heterocycles. The van der Waals surface area contributed by atoms with Gasteiger partial charge in [0.05, 0.1) is 12.7 Å². The first kappa shape index (κ1) is 17.2. The van der Waals surface area contributed by atoms with Gasteiger partial charge in [-0.25, -0.2) is 0 Å². The van der Waals surface area contributed by atoms with E-state index in [2.05, 4.69) is 17.4 Å². The van der Waals surface area contributed by atoms with Crippen molar-refractivity contribution in [3.05, 3.63) is 65.7 Å². The van der Waals surface area contributed by atoms with E-state index < -0.39 is 0 Å². The maximum absolute atomic E-state index is 12.7. The molecule has 1 atom stereocenters. The van der Waals surface area contributed by atoms with Gasteiger partial charge < -0.3 is 15.0 Å². The van der Waals surface area contributed by atoms with E-state index in [1.54, 1.807) is 24.3 Å². The minimum absolute atomic E-state index is 0.00395. The van der Waals surface area contributed by atoms with Gasteiger partial charge >= 0.3 is 0 Å². The van der Waals surface area contributed by atoms with E-state index in [-0.39, 0.29) is 17.9 Å². The van der Waals surface area contributed by atoms with Crippen molar-refractivity contribution >= 4 is 17.5 Å². The Morgan fingerprint density at radius 3 is 2.52 bits per heavy atom. The predicted molar refractivity (Wildman–Crippen MR) is 96.5 cm³/mol. The van der Waals surface area contributed by atoms with Gasteiger partial charge in [0.1, 0.15) is 0 Å². The van der Waals surface area contributed by atoms with Crippen LogP contribution in [0.15, 0.2) is 54.6 Å². The molecule has 0 spiro atoms. The van der Waals surface area contributed by atoms with Crippen LogP contribution in [0.3, 0.4) is 0 Å². The Morgan fingerprint density at radius 1 is 1.12 bits per heavy atom. The van der Waals surface area contributed by atoms with Crippen LogP contribution in [0.25, 0.3) is 0 Å². The first-order chi connectivity index (χ1) is 12.1. The van der Waals surface area contributed by atoms with Gasteiger partial charge in [-0.3, -0.25) is 9.59 Å². The second-order valence-corrected chi connectivity index (χ2v) is 6.19. The van der Waals surface area contributed by atoms with E-state index in [9.17, 15) is 9.59 Å². The van der Waals surface area contributed by atoms with Crippen LogP contribution in [0.4, 0.5) is 5.69 Å². The molecule has 2 amide bonds. The summed E-state index contributed by atoms with van der Waals surface area (Å²) in [5, 5.41) is 2.70. The van der Waals surface area contributed by atoms with Crippen LogP contribution in [0, 0.1) is 0 Å². The lowest BCUT2D eigenvalue weighted by Gasteiger charge is -2.33. The zero-order chi connectivity index (χ0) is 17.6. The summed E-state index contributed by atoms with van der Waals surface area (Å²) in [5.41, 5.74) is 2.52. The van der Waals surface area contributed by atoms with Gasteiger partial charge in [0, 0.05) is 37.7 Å². The number of anilines is 1. The highest BCUT2D eigenvalue weighted by Crippen LogP contribution is 2.16. The van der Waals surface area contributed by atoms with E-state index in [1.165, 1.54) is 12.5 Å². The Morgan fingerprint density at radius 2 is 1.84 bits per heavy atom. The Bertz CT molecular complexity index is 728. The molecule has 0 aliphatic carbocycles. The van der Waals surface area contributed by atoms with Crippen LogP contribution in [-0.2, 0) is 16.0 Å². The monoisotopic (exact) mass is 338 g/mol. The molecule has 0 saturated carbocycles. The standard InChI is InChI=1S/C20H22N2O3/c1-15(23)21-18-9-7-17(8-10-18)20(24)22-11-12-25-19(14-22)13-16-5-3-2-4-6-16/h2-10,19H,11-14H2,1H3,(H,21,23). The van der Waals surface area contributed by atoms with Gasteiger partial charge in [0.2, 0.25) is 5.91 Å². The summed E-state index contributed by atoms with van der Waals surface area (Å²) in [6.45, 7) is 3.19. The Kier molecular flexibility index (Phi) is 5.46. The second-order valence-electron chi connectivity index (χ2n) is 6.19. The van der Waals surface area contributed by atoms with Crippen LogP contribution in [0.1, 0.15) is 22.8 Å². The number of hydrogen-bond acceptors (Lipinski definition) is 3. The van der Waals surface area contributed by atoms with Crippen molar-refractivity contribution in [2.75, 3.05) is 25.0 Å². The Balaban J connectivity index is 1.62. The Labute approximate surface area is 147 Å². The smallest absolute Gasteiger partial charge is 0.254 e. The minimum atomic E-state index is -0.129. The van der Waals surface area contributed by atoms with Crippen molar-refractivity contribution < 1.29 is 14.3 Å². The van der Waals surface area contributed by atoms with Crippen LogP contribution in [0.5, 0.6) is 0 Å². The summed E-state index contributed by atoms with van der Waals surface area (Å²) in [6, 6.07) is 17.1. The number of amides is 2. The van der Waals surface area contributed by atoms with Crippen molar-refractivity contribution in [2.45, 2.75) is 19.4 Å². The molecule has 1 N–H and O–H groups in total. The fraction of sp³-hybridized carbons (Fsp3) is 0.300. The highest BCUT2D eigenvalue weighted by molar-refractivity contribution is 5.95. The first-order valence-electron chi connectivity index (χ1n) is 8.44. The lowest BCUT2D eigenvalue weighted by Crippen LogP contribution is -2.46. The number of benzene rings is 2. The van der Waals surface area contributed by atoms with Crippen molar-refractivity contribution in [1.29, 1.82) is 0 Å². The average molecular weight is 338 g/mol. The van der Waals surface area contributed by atoms with Crippen LogP contribution in [0.2, 0.25) is 0 Å². The molecular weight excluding hydrogens is 316 g/mol. The normalized spacial score (nSPS) is 17.2. The lowest BCUT2D eigenvalue weighted by atomic mass is 10.1. The van der Waals surface area contributed by atoms with E-state index in [0.29, 0.717) is 30.9 Å². The van der Waals surface area contributed by atoms with Gasteiger partial charge in [-0.05, 0) is 29.8 Å². The summed E-state index contributed by atoms with van der Waals surface area (Å²) >= 11 is 0. The van der Waals surface area contributed by atoms with Gasteiger partial charge in [0.15, 0.2) is 0 Å². The second kappa shape index (κ2) is 7.94. The molecule has 5 nitrogen and oxygen atoms in total. The van der Waals surface area contributed by atoms with E-state index in [1.807, 2.05) is 23.1 Å². The van der Waals surface area contributed by atoms with Crippen LogP contribution >= 0.6 is 0 Å². The summed E-state index contributed by atoms with van der Waals surface area (Å²) < 4.78 is 5.82. The maximum Gasteiger partial charge on any atom is 0.254 e. The number of morpholine rings is 1. The number of rotatable bonds is 4. The topological polar surface area (TPSA) is 58.6 Å². The highest BCUT2D eigenvalue weighted by atomic mass is 16.5. The Hall–Kier alpha value is -2.66. The fourth-order valence-corrected chi connectivity index (χ4v) is 2.99. The molecule has 1 aliphatic rings. The highest BCUT2D eigenvalue weighted by Gasteiger charge is 2.25. The number of nitrogens with zero attached hydrogens (tertiary/aromatic N) is 1. The summed E-state index contributed by atoms with van der Waals surface area (Å²) in [5.74, 6) is -0.133. The SMILES string of the molecule is CC(=O)Nc1ccc(C(=O)N2CCOC(Cc3ccccc3)C2)cc1. The van der Waals surface area contributed by atoms with Gasteiger partial charge in [0.25, 0.3) is 5.91 Å². The van der Waals surface area contributed by atoms with Gasteiger partial charge in [-0.2, -0.15) is 0 Å². The minimum Gasteiger partial charge on any atom is -0.374 e. The van der Waals surface area contributed by atoms with Crippen molar-refractivity contribution in [2.24, 2.45) is 0 Å². The summed E-state index contributed by atoms with van der Waals surface area (Å²) in [6.07, 6.45) is 0.810. The van der Waals surface area contributed by atoms with E-state index >= 15 is 0 Å². The molecule has 2 aromatic rings. The molecule has 25 heavy (non-hydrogen) atoms. The van der Waals surface area contributed by atoms with Gasteiger partial charge in [-0.15, -0.1) is 0 Å². The molecule has 5 heteroatoms. The zero-order valence-corrected chi connectivity index (χ0v) is 14.3. The lowest BCUT2D eigenvalue weighted by molar-refractivity contribution is -0.114. The number of hydrogen-bond donors (Lipinski definition) is 1. The first-order valence-corrected chi connectivity index (χ1v) is 8.44. The van der Waals surface area contributed by atoms with Crippen molar-refractivity contribution in [3.63, 3.8) is 0 Å². The third-order valence-corrected chi connectivity index (χ3v) is 4.18. The molecule has 1 unspecified atom stereocenters. The number of ether oxygens (including phenoxy) is 1. The summed E-state index contributed by atoms with van der Waals surface area (Å²) in [7, 11) is 0. The van der Waals surface area contributed by atoms with Crippen molar-refractivity contribution in [3.8, 4) is 0 Å². The van der Waals surface area contributed by atoms with Crippen molar-refractivity contribution in [1.82, 2.24) is 4.90 Å².